The summed E-state index contributed by atoms with van der Waals surface area (Å²) >= 11 is 0. The molecule has 1 aromatic heterocycles. The van der Waals surface area contributed by atoms with E-state index in [1.165, 1.54) is 0 Å². The SMILES string of the molecule is COc1ccccc1CC(=O)Nc1ccc(C(=O)N2CCc3nncn3-c3ccccc32)cc1. The van der Waals surface area contributed by atoms with E-state index in [0.29, 0.717) is 30.0 Å². The van der Waals surface area contributed by atoms with Crippen LogP contribution in [0.5, 0.6) is 5.75 Å². The van der Waals surface area contributed by atoms with Gasteiger partial charge in [0, 0.05) is 29.8 Å². The average Bonchev–Trinajstić information content (AvgIpc) is 3.27. The van der Waals surface area contributed by atoms with Crippen LogP contribution in [-0.4, -0.2) is 40.2 Å². The van der Waals surface area contributed by atoms with Crippen LogP contribution in [0.3, 0.4) is 0 Å². The van der Waals surface area contributed by atoms with Gasteiger partial charge in [-0.2, -0.15) is 0 Å². The Bertz CT molecular complexity index is 1350. The number of methoxy groups -OCH3 is 1. The van der Waals surface area contributed by atoms with E-state index in [1.807, 2.05) is 53.1 Å². The first kappa shape index (κ1) is 21.4. The van der Waals surface area contributed by atoms with Crippen molar-refractivity contribution in [2.75, 3.05) is 23.9 Å². The van der Waals surface area contributed by atoms with Gasteiger partial charge in [0.15, 0.2) is 0 Å². The summed E-state index contributed by atoms with van der Waals surface area (Å²) in [6.07, 6.45) is 2.46. The van der Waals surface area contributed by atoms with Crippen LogP contribution in [0.25, 0.3) is 5.69 Å². The lowest BCUT2D eigenvalue weighted by Crippen LogP contribution is -2.32. The molecular weight excluding hydrogens is 430 g/mol. The molecule has 2 heterocycles. The molecule has 8 nitrogen and oxygen atoms in total. The van der Waals surface area contributed by atoms with Crippen LogP contribution in [0, 0.1) is 0 Å². The molecule has 8 heteroatoms. The summed E-state index contributed by atoms with van der Waals surface area (Å²) in [5, 5.41) is 11.1. The van der Waals surface area contributed by atoms with Crippen molar-refractivity contribution >= 4 is 23.2 Å². The topological polar surface area (TPSA) is 89.3 Å². The van der Waals surface area contributed by atoms with Crippen molar-refractivity contribution in [3.8, 4) is 11.4 Å². The van der Waals surface area contributed by atoms with Crippen LogP contribution >= 0.6 is 0 Å². The Morgan fingerprint density at radius 3 is 2.50 bits per heavy atom. The molecule has 0 unspecified atom stereocenters. The summed E-state index contributed by atoms with van der Waals surface area (Å²) in [6.45, 7) is 0.492. The van der Waals surface area contributed by atoms with Gasteiger partial charge in [-0.3, -0.25) is 14.2 Å². The number of ether oxygens (including phenoxy) is 1. The highest BCUT2D eigenvalue weighted by Crippen LogP contribution is 2.29. The zero-order valence-electron chi connectivity index (χ0n) is 18.6. The van der Waals surface area contributed by atoms with Gasteiger partial charge in [-0.25, -0.2) is 0 Å². The summed E-state index contributed by atoms with van der Waals surface area (Å²) in [6, 6.07) is 22.1. The first-order chi connectivity index (χ1) is 16.6. The van der Waals surface area contributed by atoms with E-state index < -0.39 is 0 Å². The van der Waals surface area contributed by atoms with Gasteiger partial charge in [-0.15, -0.1) is 10.2 Å². The summed E-state index contributed by atoms with van der Waals surface area (Å²) in [4.78, 5) is 27.7. The maximum atomic E-state index is 13.4. The van der Waals surface area contributed by atoms with E-state index >= 15 is 0 Å². The number of nitrogens with one attached hydrogen (secondary N) is 1. The van der Waals surface area contributed by atoms with Gasteiger partial charge in [-0.05, 0) is 42.5 Å². The van der Waals surface area contributed by atoms with Gasteiger partial charge in [0.05, 0.1) is 24.9 Å². The minimum absolute atomic E-state index is 0.113. The number of fused-ring (bicyclic) bond motifs is 3. The number of amides is 2. The fraction of sp³-hybridized carbons (Fsp3) is 0.154. The Morgan fingerprint density at radius 1 is 0.971 bits per heavy atom. The van der Waals surface area contributed by atoms with Crippen LogP contribution in [0.4, 0.5) is 11.4 Å². The second-order valence-corrected chi connectivity index (χ2v) is 7.93. The molecule has 1 aliphatic rings. The number of para-hydroxylation sites is 3. The molecule has 0 spiro atoms. The molecule has 0 bridgehead atoms. The van der Waals surface area contributed by atoms with Gasteiger partial charge in [0.25, 0.3) is 5.91 Å². The number of rotatable bonds is 5. The van der Waals surface area contributed by atoms with Crippen LogP contribution in [0.15, 0.2) is 79.1 Å². The molecular formula is C26H23N5O3. The second kappa shape index (κ2) is 9.19. The maximum Gasteiger partial charge on any atom is 0.258 e. The zero-order valence-corrected chi connectivity index (χ0v) is 18.6. The Hall–Kier alpha value is -4.46. The summed E-state index contributed by atoms with van der Waals surface area (Å²) in [7, 11) is 1.58. The molecule has 4 aromatic rings. The summed E-state index contributed by atoms with van der Waals surface area (Å²) in [5.41, 5.74) is 3.65. The van der Waals surface area contributed by atoms with E-state index in [1.54, 1.807) is 42.6 Å². The fourth-order valence-corrected chi connectivity index (χ4v) is 4.15. The molecule has 0 fully saturated rings. The highest BCUT2D eigenvalue weighted by molar-refractivity contribution is 6.07. The fourth-order valence-electron chi connectivity index (χ4n) is 4.15. The number of carbonyl (C=O) groups is 2. The predicted molar refractivity (Wildman–Crippen MR) is 129 cm³/mol. The van der Waals surface area contributed by atoms with E-state index in [9.17, 15) is 9.59 Å². The van der Waals surface area contributed by atoms with Crippen molar-refractivity contribution in [1.29, 1.82) is 0 Å². The van der Waals surface area contributed by atoms with Gasteiger partial charge >= 0.3 is 0 Å². The third-order valence-corrected chi connectivity index (χ3v) is 5.81. The molecule has 1 aliphatic heterocycles. The third-order valence-electron chi connectivity index (χ3n) is 5.81. The number of nitrogens with zero attached hydrogens (tertiary/aromatic N) is 4. The van der Waals surface area contributed by atoms with Crippen LogP contribution in [0.2, 0.25) is 0 Å². The minimum atomic E-state index is -0.159. The third kappa shape index (κ3) is 4.13. The predicted octanol–water partition coefficient (Wildman–Crippen LogP) is 3.66. The quantitative estimate of drug-likeness (QED) is 0.498. The van der Waals surface area contributed by atoms with Crippen molar-refractivity contribution < 1.29 is 14.3 Å². The molecule has 0 saturated heterocycles. The molecule has 0 aliphatic carbocycles. The standard InChI is InChI=1S/C26H23N5O3/c1-34-23-9-5-2-6-19(23)16-25(32)28-20-12-10-18(11-13-20)26(33)30-15-14-24-29-27-17-31(24)22-8-4-3-7-21(22)30/h2-13,17H,14-16H2,1H3,(H,28,32). The van der Waals surface area contributed by atoms with E-state index in [4.69, 9.17) is 4.74 Å². The molecule has 0 atom stereocenters. The van der Waals surface area contributed by atoms with Crippen LogP contribution in [-0.2, 0) is 17.6 Å². The monoisotopic (exact) mass is 453 g/mol. The molecule has 3 aromatic carbocycles. The highest BCUT2D eigenvalue weighted by Gasteiger charge is 2.25. The average molecular weight is 454 g/mol. The Kier molecular flexibility index (Phi) is 5.78. The number of benzene rings is 3. The van der Waals surface area contributed by atoms with Crippen molar-refractivity contribution in [2.24, 2.45) is 0 Å². The summed E-state index contributed by atoms with van der Waals surface area (Å²) in [5.74, 6) is 1.22. The number of hydrogen-bond acceptors (Lipinski definition) is 5. The molecule has 5 rings (SSSR count). The molecule has 170 valence electrons. The molecule has 2 amide bonds. The molecule has 1 N–H and O–H groups in total. The van der Waals surface area contributed by atoms with E-state index in [-0.39, 0.29) is 18.2 Å². The lowest BCUT2D eigenvalue weighted by molar-refractivity contribution is -0.115. The largest absolute Gasteiger partial charge is 0.496 e. The van der Waals surface area contributed by atoms with Crippen molar-refractivity contribution in [3.63, 3.8) is 0 Å². The Labute approximate surface area is 196 Å². The normalized spacial score (nSPS) is 12.3. The van der Waals surface area contributed by atoms with Crippen molar-refractivity contribution in [1.82, 2.24) is 14.8 Å². The molecule has 0 saturated carbocycles. The lowest BCUT2D eigenvalue weighted by atomic mass is 10.1. The van der Waals surface area contributed by atoms with Crippen molar-refractivity contribution in [3.05, 3.63) is 96.1 Å². The van der Waals surface area contributed by atoms with Gasteiger partial charge in [0.2, 0.25) is 5.91 Å². The second-order valence-electron chi connectivity index (χ2n) is 7.93. The van der Waals surface area contributed by atoms with E-state index in [0.717, 1.165) is 22.8 Å². The van der Waals surface area contributed by atoms with E-state index in [2.05, 4.69) is 15.5 Å². The highest BCUT2D eigenvalue weighted by atomic mass is 16.5. The van der Waals surface area contributed by atoms with Gasteiger partial charge in [0.1, 0.15) is 17.9 Å². The Morgan fingerprint density at radius 2 is 1.71 bits per heavy atom. The number of carbonyl (C=O) groups excluding carboxylic acids is 2. The van der Waals surface area contributed by atoms with Gasteiger partial charge in [-0.1, -0.05) is 30.3 Å². The van der Waals surface area contributed by atoms with Crippen molar-refractivity contribution in [2.45, 2.75) is 12.8 Å². The Balaban J connectivity index is 1.31. The smallest absolute Gasteiger partial charge is 0.258 e. The first-order valence-electron chi connectivity index (χ1n) is 11.0. The number of hydrogen-bond donors (Lipinski definition) is 1. The molecule has 34 heavy (non-hydrogen) atoms. The lowest BCUT2D eigenvalue weighted by Gasteiger charge is -2.23. The number of anilines is 2. The zero-order chi connectivity index (χ0) is 23.5. The first-order valence-corrected chi connectivity index (χ1v) is 11.0. The number of aromatic nitrogens is 3. The summed E-state index contributed by atoms with van der Waals surface area (Å²) < 4.78 is 7.23. The van der Waals surface area contributed by atoms with Crippen LogP contribution < -0.4 is 15.0 Å². The van der Waals surface area contributed by atoms with Gasteiger partial charge < -0.3 is 15.0 Å². The minimum Gasteiger partial charge on any atom is -0.496 e. The van der Waals surface area contributed by atoms with Crippen LogP contribution in [0.1, 0.15) is 21.7 Å². The maximum absolute atomic E-state index is 13.4. The molecule has 0 radical (unpaired) electrons.